The van der Waals surface area contributed by atoms with Crippen LogP contribution in [-0.4, -0.2) is 64.8 Å². The van der Waals surface area contributed by atoms with Gasteiger partial charge in [0.05, 0.1) is 34.2 Å². The summed E-state index contributed by atoms with van der Waals surface area (Å²) in [4.78, 5) is 12.2. The predicted octanol–water partition coefficient (Wildman–Crippen LogP) is -0.970. The molecule has 11 atom stereocenters. The van der Waals surface area contributed by atoms with Crippen molar-refractivity contribution < 1.29 is 62.6 Å². The zero-order valence-corrected chi connectivity index (χ0v) is 25.2. The van der Waals surface area contributed by atoms with Gasteiger partial charge in [0.1, 0.15) is 0 Å². The third-order valence-electron chi connectivity index (χ3n) is 11.0. The maximum atomic E-state index is 12.2. The van der Waals surface area contributed by atoms with Gasteiger partial charge in [-0.15, -0.1) is 0 Å². The number of hydrogen-bond acceptors (Lipinski definition) is 7. The summed E-state index contributed by atoms with van der Waals surface area (Å²) in [5.41, 5.74) is -0.267. The molecule has 4 aliphatic rings. The molecule has 0 aliphatic heterocycles. The number of carbonyl (C=O) groups excluding carboxylic acids is 1. The Morgan fingerprint density at radius 1 is 1.08 bits per heavy atom. The Hall–Kier alpha value is 0.260. The molecule has 4 N–H and O–H groups in total. The molecule has 0 aromatic heterocycles. The number of amides is 1. The average molecular weight is 540 g/mol. The number of aliphatic hydroxyl groups is 3. The summed E-state index contributed by atoms with van der Waals surface area (Å²) >= 11 is 0. The smallest absolute Gasteiger partial charge is 0.748 e. The molecule has 202 valence electrons. The van der Waals surface area contributed by atoms with Gasteiger partial charge < -0.3 is 25.2 Å². The first kappa shape index (κ1) is 30.8. The van der Waals surface area contributed by atoms with Gasteiger partial charge >= 0.3 is 29.6 Å². The van der Waals surface area contributed by atoms with E-state index in [0.717, 1.165) is 38.5 Å². The quantitative estimate of drug-likeness (QED) is 0.240. The molecule has 0 saturated heterocycles. The van der Waals surface area contributed by atoms with Crippen LogP contribution in [0.5, 0.6) is 0 Å². The summed E-state index contributed by atoms with van der Waals surface area (Å²) in [5, 5.41) is 35.7. The van der Waals surface area contributed by atoms with Gasteiger partial charge in [-0.25, -0.2) is 8.42 Å². The Morgan fingerprint density at radius 2 is 1.78 bits per heavy atom. The van der Waals surface area contributed by atoms with Crippen LogP contribution in [0, 0.1) is 46.3 Å². The van der Waals surface area contributed by atoms with Crippen LogP contribution < -0.4 is 34.9 Å². The van der Waals surface area contributed by atoms with E-state index in [0.29, 0.717) is 18.8 Å². The van der Waals surface area contributed by atoms with Crippen molar-refractivity contribution in [1.29, 1.82) is 0 Å². The molecule has 0 spiro atoms. The van der Waals surface area contributed by atoms with E-state index in [1.807, 2.05) is 0 Å². The molecule has 4 fully saturated rings. The van der Waals surface area contributed by atoms with Crippen molar-refractivity contribution in [2.45, 2.75) is 96.9 Å². The maximum absolute atomic E-state index is 12.2. The number of rotatable bonds is 7. The van der Waals surface area contributed by atoms with E-state index < -0.39 is 28.1 Å². The molecule has 0 radical (unpaired) electrons. The van der Waals surface area contributed by atoms with Gasteiger partial charge in [0, 0.05) is 13.0 Å². The number of hydrogen-bond donors (Lipinski definition) is 4. The Morgan fingerprint density at radius 3 is 2.44 bits per heavy atom. The number of fused-ring (bicyclic) bond motifs is 5. The first-order chi connectivity index (χ1) is 16.3. The van der Waals surface area contributed by atoms with Crippen LogP contribution in [-0.2, 0) is 14.9 Å². The number of aliphatic hydroxyl groups excluding tert-OH is 3. The van der Waals surface area contributed by atoms with Gasteiger partial charge in [0.25, 0.3) is 0 Å². The minimum absolute atomic E-state index is 0. The molecule has 1 amide bonds. The number of nitrogens with one attached hydrogen (secondary N) is 1. The Kier molecular flexibility index (Phi) is 9.75. The second-order valence-corrected chi connectivity index (χ2v) is 14.2. The summed E-state index contributed by atoms with van der Waals surface area (Å²) in [5.74, 6) is 0.522. The molecule has 8 nitrogen and oxygen atoms in total. The molecule has 4 saturated carbocycles. The van der Waals surface area contributed by atoms with Crippen LogP contribution in [0.25, 0.3) is 0 Å². The molecule has 10 heteroatoms. The predicted molar refractivity (Wildman–Crippen MR) is 130 cm³/mol. The van der Waals surface area contributed by atoms with Gasteiger partial charge in [-0.2, -0.15) is 0 Å². The van der Waals surface area contributed by atoms with E-state index >= 15 is 0 Å². The third kappa shape index (κ3) is 5.74. The second kappa shape index (κ2) is 11.4. The molecule has 4 rings (SSSR count). The van der Waals surface area contributed by atoms with Crippen molar-refractivity contribution in [3.8, 4) is 0 Å². The van der Waals surface area contributed by atoms with E-state index in [-0.39, 0.29) is 95.0 Å². The van der Waals surface area contributed by atoms with Gasteiger partial charge in [0.2, 0.25) is 5.91 Å². The van der Waals surface area contributed by atoms with E-state index in [4.69, 9.17) is 0 Å². The monoisotopic (exact) mass is 539 g/mol. The van der Waals surface area contributed by atoms with Crippen LogP contribution in [0.2, 0.25) is 0 Å². The van der Waals surface area contributed by atoms with E-state index in [1.165, 1.54) is 0 Å². The molecule has 36 heavy (non-hydrogen) atoms. The van der Waals surface area contributed by atoms with Crippen LogP contribution in [0.3, 0.4) is 0 Å². The van der Waals surface area contributed by atoms with Crippen molar-refractivity contribution >= 4 is 16.0 Å². The van der Waals surface area contributed by atoms with Gasteiger partial charge in [0.15, 0.2) is 0 Å². The van der Waals surface area contributed by atoms with Crippen molar-refractivity contribution in [2.75, 3.05) is 12.3 Å². The molecule has 0 unspecified atom stereocenters. The molecule has 0 aromatic carbocycles. The summed E-state index contributed by atoms with van der Waals surface area (Å²) in [6.45, 7) is 6.48. The zero-order valence-electron chi connectivity index (χ0n) is 22.4. The van der Waals surface area contributed by atoms with Crippen molar-refractivity contribution in [2.24, 2.45) is 46.3 Å². The molecule has 0 aromatic rings. The second-order valence-electron chi connectivity index (χ2n) is 12.7. The SMILES string of the molecule is C[C@H](CC[14C](=O)NCCS(=O)(=O)[O-])[C@H]1CC[C@H]2[C@@H]3[C@H](O)C[C@@H]4C[C@H](O)CC[C@]4(C)[C@H]3C[C@H](O)[C@]12C.[Na+]. The summed E-state index contributed by atoms with van der Waals surface area (Å²) < 4.78 is 32.2. The fraction of sp³-hybridized carbons (Fsp3) is 0.962. The largest absolute Gasteiger partial charge is 1.00 e. The Balaban J connectivity index is 0.00000361. The molecule has 4 aliphatic carbocycles. The minimum Gasteiger partial charge on any atom is -0.748 e. The first-order valence-corrected chi connectivity index (χ1v) is 15.1. The Bertz CT molecular complexity index is 903. The number of carbonyl (C=O) groups is 1. The van der Waals surface area contributed by atoms with Crippen LogP contribution in [0.15, 0.2) is 0 Å². The summed E-state index contributed by atoms with van der Waals surface area (Å²) in [6.07, 6.45) is 5.58. The van der Waals surface area contributed by atoms with E-state index in [9.17, 15) is 33.1 Å². The maximum Gasteiger partial charge on any atom is 1.00 e. The standard InChI is InChI=1S/C26H45NO7S.Na/c1-15(4-7-23(31)27-10-11-35(32,33)34)18-5-6-19-24-20(14-22(30)26(18,19)3)25(2)9-8-17(28)12-16(25)13-21(24)29;/h15-22,24,28-30H,4-14H2,1-3H3,(H,27,31)(H,32,33,34);/q;+1/p-1/t15-,16+,17-,18-,19+,20+,21-,22+,24+,25+,26-;/m1./s1/i23+2;. The fourth-order valence-corrected chi connectivity index (χ4v) is 9.45. The summed E-state index contributed by atoms with van der Waals surface area (Å²) in [6, 6.07) is 0. The van der Waals surface area contributed by atoms with E-state index in [2.05, 4.69) is 26.1 Å². The molecule has 0 bridgehead atoms. The summed E-state index contributed by atoms with van der Waals surface area (Å²) in [7, 11) is -4.35. The van der Waals surface area contributed by atoms with Crippen LogP contribution in [0.4, 0.5) is 0 Å². The molecular formula is C26H44NNaO7S. The third-order valence-corrected chi connectivity index (χ3v) is 11.7. The van der Waals surface area contributed by atoms with Crippen LogP contribution in [0.1, 0.15) is 78.6 Å². The topological polar surface area (TPSA) is 147 Å². The van der Waals surface area contributed by atoms with Crippen LogP contribution >= 0.6 is 0 Å². The Labute approximate surface area is 238 Å². The molecule has 0 heterocycles. The molecular weight excluding hydrogens is 495 g/mol. The van der Waals surface area contributed by atoms with Crippen molar-refractivity contribution in [1.82, 2.24) is 5.32 Å². The van der Waals surface area contributed by atoms with Crippen molar-refractivity contribution in [3.05, 3.63) is 0 Å². The zero-order chi connectivity index (χ0) is 25.8. The average Bonchev–Trinajstić information content (AvgIpc) is 3.12. The normalized spacial score (nSPS) is 45.0. The fourth-order valence-electron chi connectivity index (χ4n) is 9.10. The van der Waals surface area contributed by atoms with Gasteiger partial charge in [-0.1, -0.05) is 20.8 Å². The first-order valence-electron chi connectivity index (χ1n) is 13.5. The minimum atomic E-state index is -4.35. The van der Waals surface area contributed by atoms with E-state index in [1.54, 1.807) is 0 Å². The van der Waals surface area contributed by atoms with Gasteiger partial charge in [-0.3, -0.25) is 4.79 Å². The van der Waals surface area contributed by atoms with Crippen molar-refractivity contribution in [3.63, 3.8) is 0 Å². The van der Waals surface area contributed by atoms with Gasteiger partial charge in [-0.05, 0) is 97.7 Å².